The Morgan fingerprint density at radius 2 is 1.72 bits per heavy atom. The molecule has 7 nitrogen and oxygen atoms in total. The Kier molecular flexibility index (Phi) is 5.39. The van der Waals surface area contributed by atoms with Crippen molar-refractivity contribution in [3.63, 3.8) is 0 Å². The Hall–Kier alpha value is -4.26. The van der Waals surface area contributed by atoms with Gasteiger partial charge in [0.15, 0.2) is 0 Å². The third kappa shape index (κ3) is 4.54. The Labute approximate surface area is 167 Å². The molecule has 0 saturated heterocycles. The average molecular weight is 382 g/mol. The van der Waals surface area contributed by atoms with Crippen LogP contribution in [0.25, 0.3) is 16.9 Å². The Balaban J connectivity index is 1.56. The minimum atomic E-state index is -0.425. The number of hydrogen-bond donors (Lipinski definition) is 2. The quantitative estimate of drug-likeness (QED) is 0.403. The lowest BCUT2D eigenvalue weighted by atomic mass is 10.1. The number of anilines is 1. The summed E-state index contributed by atoms with van der Waals surface area (Å²) in [4.78, 5) is 16.2. The van der Waals surface area contributed by atoms with Gasteiger partial charge in [0, 0.05) is 35.4 Å². The number of benzene rings is 2. The standard InChI is InChI=1S/C22H18N6O/c29-22(25-19-9-3-1-4-10-19)26-24-15-18-16-28(20-11-5-2-6-12-20)27-21(18)17-8-7-13-23-14-17/h1-16H,(H2,25,26,29)/b24-15-. The second kappa shape index (κ2) is 8.62. The summed E-state index contributed by atoms with van der Waals surface area (Å²) in [5, 5.41) is 11.5. The summed E-state index contributed by atoms with van der Waals surface area (Å²) in [6.45, 7) is 0. The first kappa shape index (κ1) is 18.1. The first-order valence-corrected chi connectivity index (χ1v) is 9.00. The van der Waals surface area contributed by atoms with Crippen molar-refractivity contribution in [1.29, 1.82) is 0 Å². The molecule has 0 spiro atoms. The van der Waals surface area contributed by atoms with Gasteiger partial charge in [-0.25, -0.2) is 14.9 Å². The molecule has 0 aliphatic carbocycles. The molecule has 0 fully saturated rings. The minimum absolute atomic E-state index is 0.425. The molecule has 4 aromatic rings. The van der Waals surface area contributed by atoms with Crippen LogP contribution in [0.5, 0.6) is 0 Å². The number of hydrazone groups is 1. The molecule has 0 atom stereocenters. The van der Waals surface area contributed by atoms with Crippen LogP contribution in [0.3, 0.4) is 0 Å². The van der Waals surface area contributed by atoms with E-state index in [2.05, 4.69) is 25.9 Å². The van der Waals surface area contributed by atoms with Crippen LogP contribution in [0, 0.1) is 0 Å². The first-order valence-electron chi connectivity index (χ1n) is 9.00. The van der Waals surface area contributed by atoms with Gasteiger partial charge in [0.25, 0.3) is 0 Å². The molecular weight excluding hydrogens is 364 g/mol. The van der Waals surface area contributed by atoms with Crippen molar-refractivity contribution in [2.24, 2.45) is 5.10 Å². The molecule has 4 rings (SSSR count). The summed E-state index contributed by atoms with van der Waals surface area (Å²) in [5.41, 5.74) is 6.41. The van der Waals surface area contributed by atoms with E-state index in [-0.39, 0.29) is 0 Å². The van der Waals surface area contributed by atoms with Crippen molar-refractivity contribution in [3.05, 3.63) is 97.0 Å². The number of aromatic nitrogens is 3. The van der Waals surface area contributed by atoms with Crippen LogP contribution in [0.2, 0.25) is 0 Å². The highest BCUT2D eigenvalue weighted by molar-refractivity contribution is 5.92. The monoisotopic (exact) mass is 382 g/mol. The molecule has 2 aromatic heterocycles. The van der Waals surface area contributed by atoms with Gasteiger partial charge in [0.1, 0.15) is 5.69 Å². The van der Waals surface area contributed by atoms with Gasteiger partial charge in [0.2, 0.25) is 0 Å². The predicted octanol–water partition coefficient (Wildman–Crippen LogP) is 4.09. The highest BCUT2D eigenvalue weighted by Crippen LogP contribution is 2.21. The van der Waals surface area contributed by atoms with E-state index in [1.165, 1.54) is 0 Å². The van der Waals surface area contributed by atoms with Gasteiger partial charge in [-0.3, -0.25) is 4.98 Å². The lowest BCUT2D eigenvalue weighted by Gasteiger charge is -2.03. The van der Waals surface area contributed by atoms with E-state index >= 15 is 0 Å². The zero-order valence-electron chi connectivity index (χ0n) is 15.4. The largest absolute Gasteiger partial charge is 0.339 e. The van der Waals surface area contributed by atoms with Crippen LogP contribution in [0.15, 0.2) is 96.5 Å². The molecule has 142 valence electrons. The molecular formula is C22H18N6O. The van der Waals surface area contributed by atoms with Gasteiger partial charge in [-0.15, -0.1) is 0 Å². The van der Waals surface area contributed by atoms with Crippen molar-refractivity contribution in [2.75, 3.05) is 5.32 Å². The number of carbonyl (C=O) groups is 1. The summed E-state index contributed by atoms with van der Waals surface area (Å²) >= 11 is 0. The maximum atomic E-state index is 12.0. The highest BCUT2D eigenvalue weighted by Gasteiger charge is 2.11. The Bertz CT molecular complexity index is 1110. The van der Waals surface area contributed by atoms with Crippen LogP contribution in [0.4, 0.5) is 10.5 Å². The van der Waals surface area contributed by atoms with Crippen molar-refractivity contribution < 1.29 is 4.79 Å². The van der Waals surface area contributed by atoms with E-state index in [0.29, 0.717) is 5.69 Å². The SMILES string of the molecule is O=C(N/N=C\c1cn(-c2ccccc2)nc1-c1cccnc1)Nc1ccccc1. The number of para-hydroxylation sites is 2. The Morgan fingerprint density at radius 1 is 0.966 bits per heavy atom. The lowest BCUT2D eigenvalue weighted by Crippen LogP contribution is -2.24. The molecule has 0 aliphatic heterocycles. The zero-order chi connectivity index (χ0) is 19.9. The van der Waals surface area contributed by atoms with Crippen LogP contribution in [-0.4, -0.2) is 27.0 Å². The third-order valence-corrected chi connectivity index (χ3v) is 4.10. The summed E-state index contributed by atoms with van der Waals surface area (Å²) in [5.74, 6) is 0. The summed E-state index contributed by atoms with van der Waals surface area (Å²) in [6.07, 6.45) is 6.88. The van der Waals surface area contributed by atoms with Gasteiger partial charge < -0.3 is 5.32 Å². The van der Waals surface area contributed by atoms with Crippen LogP contribution >= 0.6 is 0 Å². The van der Waals surface area contributed by atoms with Crippen LogP contribution < -0.4 is 10.7 Å². The number of nitrogens with zero attached hydrogens (tertiary/aromatic N) is 4. The summed E-state index contributed by atoms with van der Waals surface area (Å²) in [6, 6.07) is 22.3. The normalized spacial score (nSPS) is 10.8. The van der Waals surface area contributed by atoms with E-state index in [9.17, 15) is 4.79 Å². The Morgan fingerprint density at radius 3 is 2.45 bits per heavy atom. The number of urea groups is 1. The highest BCUT2D eigenvalue weighted by atomic mass is 16.2. The predicted molar refractivity (Wildman–Crippen MR) is 113 cm³/mol. The fourth-order valence-electron chi connectivity index (χ4n) is 2.76. The second-order valence-electron chi connectivity index (χ2n) is 6.15. The molecule has 29 heavy (non-hydrogen) atoms. The van der Waals surface area contributed by atoms with Gasteiger partial charge in [-0.05, 0) is 36.4 Å². The van der Waals surface area contributed by atoms with Crippen molar-refractivity contribution in [2.45, 2.75) is 0 Å². The zero-order valence-corrected chi connectivity index (χ0v) is 15.4. The summed E-state index contributed by atoms with van der Waals surface area (Å²) < 4.78 is 1.77. The fraction of sp³-hybridized carbons (Fsp3) is 0. The number of carbonyl (C=O) groups excluding carboxylic acids is 1. The number of hydrogen-bond acceptors (Lipinski definition) is 4. The van der Waals surface area contributed by atoms with Crippen molar-refractivity contribution in [1.82, 2.24) is 20.2 Å². The van der Waals surface area contributed by atoms with Crippen molar-refractivity contribution in [3.8, 4) is 16.9 Å². The first-order chi connectivity index (χ1) is 14.3. The molecule has 7 heteroatoms. The molecule has 0 unspecified atom stereocenters. The molecule has 0 radical (unpaired) electrons. The second-order valence-corrected chi connectivity index (χ2v) is 6.15. The molecule has 0 bridgehead atoms. The number of nitrogens with one attached hydrogen (secondary N) is 2. The van der Waals surface area contributed by atoms with E-state index < -0.39 is 6.03 Å². The summed E-state index contributed by atoms with van der Waals surface area (Å²) in [7, 11) is 0. The van der Waals surface area contributed by atoms with Gasteiger partial charge in [-0.2, -0.15) is 10.2 Å². The molecule has 0 saturated carbocycles. The molecule has 0 aliphatic rings. The van der Waals surface area contributed by atoms with Crippen LogP contribution in [-0.2, 0) is 0 Å². The number of amides is 2. The maximum Gasteiger partial charge on any atom is 0.339 e. The average Bonchev–Trinajstić information content (AvgIpc) is 3.20. The molecule has 2 N–H and O–H groups in total. The number of pyridine rings is 1. The lowest BCUT2D eigenvalue weighted by molar-refractivity contribution is 0.252. The van der Waals surface area contributed by atoms with Crippen molar-refractivity contribution >= 4 is 17.9 Å². The van der Waals surface area contributed by atoms with E-state index in [1.54, 1.807) is 35.4 Å². The van der Waals surface area contributed by atoms with Gasteiger partial charge in [0.05, 0.1) is 11.9 Å². The third-order valence-electron chi connectivity index (χ3n) is 4.10. The van der Waals surface area contributed by atoms with E-state index in [0.717, 1.165) is 22.5 Å². The minimum Gasteiger partial charge on any atom is -0.307 e. The smallest absolute Gasteiger partial charge is 0.307 e. The van der Waals surface area contributed by atoms with Gasteiger partial charge in [-0.1, -0.05) is 36.4 Å². The molecule has 2 heterocycles. The fourth-order valence-corrected chi connectivity index (χ4v) is 2.76. The molecule has 2 aromatic carbocycles. The van der Waals surface area contributed by atoms with Gasteiger partial charge >= 0.3 is 6.03 Å². The molecule has 2 amide bonds. The van der Waals surface area contributed by atoms with E-state index in [4.69, 9.17) is 0 Å². The topological polar surface area (TPSA) is 84.2 Å². The van der Waals surface area contributed by atoms with Crippen LogP contribution in [0.1, 0.15) is 5.56 Å². The maximum absolute atomic E-state index is 12.0. The number of rotatable bonds is 5. The van der Waals surface area contributed by atoms with E-state index in [1.807, 2.05) is 66.9 Å².